The van der Waals surface area contributed by atoms with Gasteiger partial charge >= 0.3 is 5.97 Å². The van der Waals surface area contributed by atoms with Crippen LogP contribution in [0.4, 0.5) is 5.69 Å². The Bertz CT molecular complexity index is 888. The summed E-state index contributed by atoms with van der Waals surface area (Å²) in [5, 5.41) is 5.61. The van der Waals surface area contributed by atoms with Gasteiger partial charge in [-0.3, -0.25) is 9.59 Å². The minimum atomic E-state index is -0.898. The lowest BCUT2D eigenvalue weighted by molar-refractivity contribution is -0.148. The van der Waals surface area contributed by atoms with E-state index < -0.39 is 24.5 Å². The first kappa shape index (κ1) is 21.4. The van der Waals surface area contributed by atoms with E-state index >= 15 is 0 Å². The highest BCUT2D eigenvalue weighted by atomic mass is 35.5. The smallest absolute Gasteiger partial charge is 0.328 e. The van der Waals surface area contributed by atoms with Gasteiger partial charge in [0, 0.05) is 5.56 Å². The van der Waals surface area contributed by atoms with Gasteiger partial charge in [0.2, 0.25) is 0 Å². The molecule has 0 saturated heterocycles. The second-order valence-electron chi connectivity index (χ2n) is 6.66. The first-order chi connectivity index (χ1) is 13.2. The van der Waals surface area contributed by atoms with Crippen molar-refractivity contribution in [3.8, 4) is 0 Å². The largest absolute Gasteiger partial charge is 0.454 e. The van der Waals surface area contributed by atoms with Crippen molar-refractivity contribution in [3.05, 3.63) is 63.7 Å². The van der Waals surface area contributed by atoms with E-state index in [1.54, 1.807) is 24.3 Å². The maximum Gasteiger partial charge on any atom is 0.328 e. The Labute approximate surface area is 169 Å². The maximum absolute atomic E-state index is 12.2. The fourth-order valence-corrected chi connectivity index (χ4v) is 3.00. The summed E-state index contributed by atoms with van der Waals surface area (Å²) >= 11 is 6.15. The van der Waals surface area contributed by atoms with Gasteiger partial charge in [0.05, 0.1) is 10.7 Å². The molecule has 2 rings (SSSR count). The number of rotatable bonds is 6. The number of anilines is 1. The van der Waals surface area contributed by atoms with Crippen molar-refractivity contribution in [2.45, 2.75) is 33.7 Å². The molecule has 0 radical (unpaired) electrons. The second-order valence-corrected chi connectivity index (χ2v) is 7.07. The number of ether oxygens (including phenoxy) is 1. The van der Waals surface area contributed by atoms with E-state index in [1.807, 2.05) is 32.9 Å². The molecule has 2 aromatic carbocycles. The molecule has 0 aliphatic heterocycles. The second kappa shape index (κ2) is 9.37. The zero-order valence-electron chi connectivity index (χ0n) is 16.3. The van der Waals surface area contributed by atoms with E-state index in [0.29, 0.717) is 16.3 Å². The molecule has 0 bridgehead atoms. The zero-order valence-corrected chi connectivity index (χ0v) is 17.0. The quantitative estimate of drug-likeness (QED) is 0.723. The molecule has 0 heterocycles. The molecule has 2 aromatic rings. The predicted octanol–water partition coefficient (Wildman–Crippen LogP) is 3.57. The Morgan fingerprint density at radius 1 is 1.07 bits per heavy atom. The van der Waals surface area contributed by atoms with Gasteiger partial charge in [-0.2, -0.15) is 0 Å². The van der Waals surface area contributed by atoms with Crippen molar-refractivity contribution >= 4 is 35.1 Å². The molecule has 2 amide bonds. The van der Waals surface area contributed by atoms with Crippen LogP contribution in [0.15, 0.2) is 36.4 Å². The molecule has 6 nitrogen and oxygen atoms in total. The Balaban J connectivity index is 1.87. The third-order valence-corrected chi connectivity index (χ3v) is 4.32. The van der Waals surface area contributed by atoms with Crippen molar-refractivity contribution in [1.82, 2.24) is 5.32 Å². The third kappa shape index (κ3) is 5.82. The van der Waals surface area contributed by atoms with Crippen molar-refractivity contribution in [2.75, 3.05) is 11.9 Å². The number of amides is 2. The fourth-order valence-electron chi connectivity index (χ4n) is 2.64. The van der Waals surface area contributed by atoms with Crippen LogP contribution in [0.25, 0.3) is 0 Å². The standard InChI is InChI=1S/C21H23ClN2O4/c1-12-6-5-7-16(9-12)20(26)23-15(4)21(27)28-11-18(25)24-19-14(3)8-13(2)10-17(19)22/h5-10,15H,11H2,1-4H3,(H,23,26)(H,24,25)/t15-/m0/s1. The van der Waals surface area contributed by atoms with Gasteiger partial charge < -0.3 is 15.4 Å². The first-order valence-electron chi connectivity index (χ1n) is 8.78. The number of nitrogens with one attached hydrogen (secondary N) is 2. The monoisotopic (exact) mass is 402 g/mol. The molecule has 7 heteroatoms. The van der Waals surface area contributed by atoms with Crippen molar-refractivity contribution in [2.24, 2.45) is 0 Å². The molecular formula is C21H23ClN2O4. The van der Waals surface area contributed by atoms with Crippen LogP contribution in [0.5, 0.6) is 0 Å². The Morgan fingerprint density at radius 2 is 1.79 bits per heavy atom. The molecule has 0 spiro atoms. The van der Waals surface area contributed by atoms with E-state index in [9.17, 15) is 14.4 Å². The van der Waals surface area contributed by atoms with Gasteiger partial charge in [-0.05, 0) is 57.0 Å². The average Bonchev–Trinajstić information content (AvgIpc) is 2.62. The molecule has 1 atom stereocenters. The number of carbonyl (C=O) groups excluding carboxylic acids is 3. The van der Waals surface area contributed by atoms with Crippen molar-refractivity contribution in [3.63, 3.8) is 0 Å². The van der Waals surface area contributed by atoms with Crippen LogP contribution in [0, 0.1) is 20.8 Å². The number of carbonyl (C=O) groups is 3. The normalized spacial score (nSPS) is 11.5. The third-order valence-electron chi connectivity index (χ3n) is 4.02. The summed E-state index contributed by atoms with van der Waals surface area (Å²) in [7, 11) is 0. The number of hydrogen-bond acceptors (Lipinski definition) is 4. The average molecular weight is 403 g/mol. The molecule has 0 aromatic heterocycles. The van der Waals surface area contributed by atoms with Crippen LogP contribution in [0.1, 0.15) is 34.0 Å². The molecule has 2 N–H and O–H groups in total. The molecule has 0 saturated carbocycles. The highest BCUT2D eigenvalue weighted by Crippen LogP contribution is 2.27. The van der Waals surface area contributed by atoms with E-state index in [1.165, 1.54) is 6.92 Å². The van der Waals surface area contributed by atoms with Gasteiger partial charge in [-0.15, -0.1) is 0 Å². The van der Waals surface area contributed by atoms with Crippen LogP contribution < -0.4 is 10.6 Å². The van der Waals surface area contributed by atoms with E-state index in [0.717, 1.165) is 16.7 Å². The number of benzene rings is 2. The Kier molecular flexibility index (Phi) is 7.18. The highest BCUT2D eigenvalue weighted by Gasteiger charge is 2.19. The number of hydrogen-bond donors (Lipinski definition) is 2. The van der Waals surface area contributed by atoms with Gasteiger partial charge in [-0.25, -0.2) is 4.79 Å². The summed E-state index contributed by atoms with van der Waals surface area (Å²) in [4.78, 5) is 36.3. The molecular weight excluding hydrogens is 380 g/mol. The zero-order chi connectivity index (χ0) is 20.8. The van der Waals surface area contributed by atoms with Gasteiger partial charge in [-0.1, -0.05) is 35.4 Å². The maximum atomic E-state index is 12.2. The predicted molar refractivity (Wildman–Crippen MR) is 109 cm³/mol. The number of halogens is 1. The lowest BCUT2D eigenvalue weighted by atomic mass is 10.1. The van der Waals surface area contributed by atoms with Crippen LogP contribution >= 0.6 is 11.6 Å². The van der Waals surface area contributed by atoms with Gasteiger partial charge in [0.1, 0.15) is 6.04 Å². The lowest BCUT2D eigenvalue weighted by Gasteiger charge is -2.15. The van der Waals surface area contributed by atoms with Crippen LogP contribution in [-0.2, 0) is 14.3 Å². The minimum Gasteiger partial charge on any atom is -0.454 e. The SMILES string of the molecule is Cc1cccc(C(=O)N[C@@H](C)C(=O)OCC(=O)Nc2c(C)cc(C)cc2Cl)c1. The van der Waals surface area contributed by atoms with E-state index in [4.69, 9.17) is 16.3 Å². The highest BCUT2D eigenvalue weighted by molar-refractivity contribution is 6.34. The van der Waals surface area contributed by atoms with E-state index in [-0.39, 0.29) is 5.91 Å². The van der Waals surface area contributed by atoms with Crippen molar-refractivity contribution in [1.29, 1.82) is 0 Å². The Hall–Kier alpha value is -2.86. The topological polar surface area (TPSA) is 84.5 Å². The summed E-state index contributed by atoms with van der Waals surface area (Å²) in [6, 6.07) is 9.72. The van der Waals surface area contributed by atoms with Crippen LogP contribution in [0.3, 0.4) is 0 Å². The minimum absolute atomic E-state index is 0.389. The lowest BCUT2D eigenvalue weighted by Crippen LogP contribution is -2.40. The van der Waals surface area contributed by atoms with Crippen molar-refractivity contribution < 1.29 is 19.1 Å². The van der Waals surface area contributed by atoms with Crippen LogP contribution in [-0.4, -0.2) is 30.4 Å². The summed E-state index contributed by atoms with van der Waals surface area (Å²) in [5.74, 6) is -1.61. The number of aryl methyl sites for hydroxylation is 3. The molecule has 0 unspecified atom stereocenters. The summed E-state index contributed by atoms with van der Waals surface area (Å²) in [6.07, 6.45) is 0. The molecule has 28 heavy (non-hydrogen) atoms. The summed E-state index contributed by atoms with van der Waals surface area (Å²) in [6.45, 7) is 6.61. The fraction of sp³-hybridized carbons (Fsp3) is 0.286. The van der Waals surface area contributed by atoms with Gasteiger partial charge in [0.25, 0.3) is 11.8 Å². The summed E-state index contributed by atoms with van der Waals surface area (Å²) < 4.78 is 4.99. The molecule has 148 valence electrons. The molecule has 0 aliphatic rings. The van der Waals surface area contributed by atoms with Crippen LogP contribution in [0.2, 0.25) is 5.02 Å². The Morgan fingerprint density at radius 3 is 2.43 bits per heavy atom. The van der Waals surface area contributed by atoms with Gasteiger partial charge in [0.15, 0.2) is 6.61 Å². The number of esters is 1. The molecule has 0 aliphatic carbocycles. The molecule has 0 fully saturated rings. The van der Waals surface area contributed by atoms with E-state index in [2.05, 4.69) is 10.6 Å². The summed E-state index contributed by atoms with van der Waals surface area (Å²) in [5.41, 5.74) is 3.65. The first-order valence-corrected chi connectivity index (χ1v) is 9.16.